The molecule has 6 nitrogen and oxygen atoms in total. The highest BCUT2D eigenvalue weighted by molar-refractivity contribution is 9.10. The van der Waals surface area contributed by atoms with Crippen LogP contribution in [0.3, 0.4) is 0 Å². The minimum Gasteiger partial charge on any atom is -0.444 e. The van der Waals surface area contributed by atoms with Crippen LogP contribution in [-0.2, 0) is 9.53 Å². The first-order valence-corrected chi connectivity index (χ1v) is 10.9. The number of nitrogens with zero attached hydrogens (tertiary/aromatic N) is 2. The molecule has 7 heteroatoms. The molecule has 4 rings (SSSR count). The number of pyridine rings is 1. The largest absolute Gasteiger partial charge is 0.444 e. The van der Waals surface area contributed by atoms with Crippen LogP contribution in [-0.4, -0.2) is 40.1 Å². The molecule has 1 aromatic heterocycles. The molecular weight excluding hydrogens is 458 g/mol. The molecular formula is C24H24BrN3O3. The van der Waals surface area contributed by atoms with Gasteiger partial charge in [0.15, 0.2) is 0 Å². The van der Waals surface area contributed by atoms with Crippen LogP contribution in [0, 0.1) is 0 Å². The van der Waals surface area contributed by atoms with Crippen molar-refractivity contribution in [2.24, 2.45) is 0 Å². The maximum atomic E-state index is 13.4. The maximum absolute atomic E-state index is 13.4. The van der Waals surface area contributed by atoms with Crippen molar-refractivity contribution in [3.8, 4) is 0 Å². The number of hydrogen-bond donors (Lipinski definition) is 1. The molecule has 1 N–H and O–H groups in total. The van der Waals surface area contributed by atoms with Crippen molar-refractivity contribution in [3.63, 3.8) is 0 Å². The fraction of sp³-hybridized carbons (Fsp3) is 0.292. The summed E-state index contributed by atoms with van der Waals surface area (Å²) in [6.45, 7) is 5.86. The van der Waals surface area contributed by atoms with Gasteiger partial charge in [-0.05, 0) is 50.6 Å². The van der Waals surface area contributed by atoms with Crippen molar-refractivity contribution >= 4 is 44.5 Å². The third-order valence-corrected chi connectivity index (χ3v) is 5.72. The number of nitrogens with one attached hydrogen (secondary N) is 1. The first-order valence-electron chi connectivity index (χ1n) is 10.1. The third kappa shape index (κ3) is 4.56. The molecule has 160 valence electrons. The Kier molecular flexibility index (Phi) is 5.71. The summed E-state index contributed by atoms with van der Waals surface area (Å²) in [5, 5.41) is 3.92. The molecule has 1 fully saturated rings. The summed E-state index contributed by atoms with van der Waals surface area (Å²) >= 11 is 3.44. The van der Waals surface area contributed by atoms with Gasteiger partial charge < -0.3 is 10.1 Å². The molecule has 0 radical (unpaired) electrons. The van der Waals surface area contributed by atoms with Gasteiger partial charge in [0, 0.05) is 28.5 Å². The second kappa shape index (κ2) is 8.30. The van der Waals surface area contributed by atoms with Crippen LogP contribution in [0.25, 0.3) is 10.9 Å². The molecule has 0 spiro atoms. The third-order valence-electron chi connectivity index (χ3n) is 5.20. The van der Waals surface area contributed by atoms with E-state index in [1.165, 1.54) is 4.90 Å². The van der Waals surface area contributed by atoms with Gasteiger partial charge in [-0.1, -0.05) is 46.3 Å². The first kappa shape index (κ1) is 21.3. The number of benzene rings is 2. The molecule has 1 aliphatic rings. The molecule has 2 aromatic carbocycles. The number of amides is 2. The Balaban J connectivity index is 1.62. The van der Waals surface area contributed by atoms with Gasteiger partial charge >= 0.3 is 6.09 Å². The van der Waals surface area contributed by atoms with Gasteiger partial charge in [0.25, 0.3) is 0 Å². The molecule has 0 bridgehead atoms. The van der Waals surface area contributed by atoms with Gasteiger partial charge in [0.05, 0.1) is 11.2 Å². The smallest absolute Gasteiger partial charge is 0.411 e. The molecule has 0 unspecified atom stereocenters. The Hall–Kier alpha value is -2.93. The van der Waals surface area contributed by atoms with Crippen LogP contribution in [0.15, 0.2) is 65.3 Å². The van der Waals surface area contributed by atoms with E-state index in [9.17, 15) is 9.59 Å². The van der Waals surface area contributed by atoms with E-state index in [0.29, 0.717) is 17.7 Å². The van der Waals surface area contributed by atoms with Crippen LogP contribution < -0.4 is 5.32 Å². The normalized spacial score (nSPS) is 18.4. The SMILES string of the molecule is CC(C)(C)OC(=O)N1C[C@H](c2ccc(Br)cc2)[C@@H]1C(=O)Nc1cccc2cccnc12. The van der Waals surface area contributed by atoms with E-state index in [2.05, 4.69) is 26.2 Å². The second-order valence-electron chi connectivity index (χ2n) is 8.61. The zero-order chi connectivity index (χ0) is 22.2. The Labute approximate surface area is 189 Å². The number of aromatic nitrogens is 1. The standard InChI is InChI=1S/C24H24BrN3O3/c1-24(2,3)31-23(30)28-14-18(15-9-11-17(25)12-10-15)21(28)22(29)27-19-8-4-6-16-7-5-13-26-20(16)19/h4-13,18,21H,14H2,1-3H3,(H,27,29)/t18-,21-/m1/s1. The van der Waals surface area contributed by atoms with Gasteiger partial charge in [-0.25, -0.2) is 4.79 Å². The van der Waals surface area contributed by atoms with Gasteiger partial charge in [0.1, 0.15) is 11.6 Å². The van der Waals surface area contributed by atoms with Crippen molar-refractivity contribution in [2.75, 3.05) is 11.9 Å². The second-order valence-corrected chi connectivity index (χ2v) is 9.52. The number of fused-ring (bicyclic) bond motifs is 1. The van der Waals surface area contributed by atoms with Crippen molar-refractivity contribution in [1.29, 1.82) is 0 Å². The number of halogens is 1. The Morgan fingerprint density at radius 1 is 1.10 bits per heavy atom. The van der Waals surface area contributed by atoms with Gasteiger partial charge in [0.2, 0.25) is 5.91 Å². The molecule has 0 saturated carbocycles. The van der Waals surface area contributed by atoms with E-state index in [0.717, 1.165) is 15.4 Å². The minimum absolute atomic E-state index is 0.122. The molecule has 1 saturated heterocycles. The predicted molar refractivity (Wildman–Crippen MR) is 124 cm³/mol. The molecule has 3 aromatic rings. The lowest BCUT2D eigenvalue weighted by molar-refractivity contribution is -0.126. The number of hydrogen-bond acceptors (Lipinski definition) is 4. The zero-order valence-corrected chi connectivity index (χ0v) is 19.2. The molecule has 0 aliphatic carbocycles. The Morgan fingerprint density at radius 3 is 2.52 bits per heavy atom. The average Bonchev–Trinajstić information content (AvgIpc) is 2.67. The van der Waals surface area contributed by atoms with Gasteiger partial charge in [-0.3, -0.25) is 14.7 Å². The Morgan fingerprint density at radius 2 is 1.81 bits per heavy atom. The fourth-order valence-corrected chi connectivity index (χ4v) is 4.01. The van der Waals surface area contributed by atoms with Gasteiger partial charge in [-0.2, -0.15) is 0 Å². The highest BCUT2D eigenvalue weighted by Crippen LogP contribution is 2.37. The summed E-state index contributed by atoms with van der Waals surface area (Å²) in [7, 11) is 0. The van der Waals surface area contributed by atoms with Crippen molar-refractivity contribution in [1.82, 2.24) is 9.88 Å². The van der Waals surface area contributed by atoms with Gasteiger partial charge in [-0.15, -0.1) is 0 Å². The van der Waals surface area contributed by atoms with Crippen molar-refractivity contribution in [2.45, 2.75) is 38.3 Å². The average molecular weight is 482 g/mol. The number of para-hydroxylation sites is 1. The van der Waals surface area contributed by atoms with Crippen LogP contribution in [0.5, 0.6) is 0 Å². The fourth-order valence-electron chi connectivity index (χ4n) is 3.75. The summed E-state index contributed by atoms with van der Waals surface area (Å²) in [5.41, 5.74) is 1.69. The molecule has 1 aliphatic heterocycles. The van der Waals surface area contributed by atoms with Crippen LogP contribution in [0.2, 0.25) is 0 Å². The number of anilines is 1. The minimum atomic E-state index is -0.671. The highest BCUT2D eigenvalue weighted by atomic mass is 79.9. The van der Waals surface area contributed by atoms with E-state index in [-0.39, 0.29) is 11.8 Å². The lowest BCUT2D eigenvalue weighted by Gasteiger charge is -2.47. The quantitative estimate of drug-likeness (QED) is 0.547. The van der Waals surface area contributed by atoms with E-state index < -0.39 is 17.7 Å². The van der Waals surface area contributed by atoms with Crippen molar-refractivity contribution < 1.29 is 14.3 Å². The van der Waals surface area contributed by atoms with Crippen LogP contribution in [0.4, 0.5) is 10.5 Å². The topological polar surface area (TPSA) is 71.5 Å². The predicted octanol–water partition coefficient (Wildman–Crippen LogP) is 5.34. The summed E-state index contributed by atoms with van der Waals surface area (Å²) in [6.07, 6.45) is 1.20. The summed E-state index contributed by atoms with van der Waals surface area (Å²) in [6, 6.07) is 16.6. The lowest BCUT2D eigenvalue weighted by Crippen LogP contribution is -2.62. The van der Waals surface area contributed by atoms with Crippen molar-refractivity contribution in [3.05, 3.63) is 70.8 Å². The molecule has 2 amide bonds. The number of carbonyl (C=O) groups excluding carboxylic acids is 2. The molecule has 31 heavy (non-hydrogen) atoms. The number of rotatable bonds is 3. The Bertz CT molecular complexity index is 1120. The maximum Gasteiger partial charge on any atom is 0.411 e. The molecule has 2 atom stereocenters. The van der Waals surface area contributed by atoms with Crippen LogP contribution >= 0.6 is 15.9 Å². The van der Waals surface area contributed by atoms with Crippen LogP contribution in [0.1, 0.15) is 32.3 Å². The monoisotopic (exact) mass is 481 g/mol. The number of ether oxygens (including phenoxy) is 1. The van der Waals surface area contributed by atoms with E-state index in [1.807, 2.05) is 75.4 Å². The lowest BCUT2D eigenvalue weighted by atomic mass is 9.82. The van der Waals surface area contributed by atoms with E-state index >= 15 is 0 Å². The first-order chi connectivity index (χ1) is 14.7. The molecule has 2 heterocycles. The summed E-state index contributed by atoms with van der Waals surface area (Å²) in [5.74, 6) is -0.383. The van der Waals surface area contributed by atoms with E-state index in [4.69, 9.17) is 4.74 Å². The highest BCUT2D eigenvalue weighted by Gasteiger charge is 2.48. The number of likely N-dealkylation sites (tertiary alicyclic amines) is 1. The summed E-state index contributed by atoms with van der Waals surface area (Å²) in [4.78, 5) is 32.0. The zero-order valence-electron chi connectivity index (χ0n) is 17.6. The summed E-state index contributed by atoms with van der Waals surface area (Å²) < 4.78 is 6.49. The van der Waals surface area contributed by atoms with E-state index in [1.54, 1.807) is 6.20 Å². The number of carbonyl (C=O) groups is 2.